The molecular weight excluding hydrogens is 416 g/mol. The number of hydrogen-bond donors (Lipinski definition) is 0. The van der Waals surface area contributed by atoms with E-state index in [4.69, 9.17) is 25.6 Å². The summed E-state index contributed by atoms with van der Waals surface area (Å²) in [6.07, 6.45) is 3.28. The molecule has 0 amide bonds. The number of aryl methyl sites for hydroxylation is 1. The molecule has 3 fully saturated rings. The summed E-state index contributed by atoms with van der Waals surface area (Å²) in [5.74, 6) is 2.74. The predicted molar refractivity (Wildman–Crippen MR) is 114 cm³/mol. The molecule has 1 aromatic heterocycles. The molecule has 0 radical (unpaired) electrons. The van der Waals surface area contributed by atoms with Crippen LogP contribution in [0.3, 0.4) is 0 Å². The molecule has 0 unspecified atom stereocenters. The lowest BCUT2D eigenvalue weighted by Crippen LogP contribution is -2.65. The molecule has 2 bridgehead atoms. The second kappa shape index (κ2) is 7.68. The Morgan fingerprint density at radius 2 is 1.68 bits per heavy atom. The highest BCUT2D eigenvalue weighted by atomic mass is 35.5. The van der Waals surface area contributed by atoms with Crippen LogP contribution in [0.15, 0.2) is 53.1 Å². The van der Waals surface area contributed by atoms with Gasteiger partial charge in [-0.15, -0.1) is 0 Å². The summed E-state index contributed by atoms with van der Waals surface area (Å²) < 4.78 is 16.8. The molecule has 2 aromatic carbocycles. The van der Waals surface area contributed by atoms with Crippen LogP contribution in [-0.2, 0) is 16.8 Å². The van der Waals surface area contributed by atoms with Gasteiger partial charge in [-0.05, 0) is 68.0 Å². The molecule has 0 aliphatic heterocycles. The number of nitrogens with zero attached hydrogens (tertiary/aromatic N) is 2. The summed E-state index contributed by atoms with van der Waals surface area (Å²) in [7, 11) is 0. The molecule has 0 N–H and O–H groups in total. The SMILES string of the molecule is Cc1ccc(OCC(=O)CC23CC(c4nc(COc5ccc(Cl)cc5)no4)(C2)C3)cc1. The van der Waals surface area contributed by atoms with E-state index in [9.17, 15) is 4.79 Å². The number of aromatic nitrogens is 2. The fraction of sp³-hybridized carbons (Fsp3) is 0.375. The Labute approximate surface area is 185 Å². The lowest BCUT2D eigenvalue weighted by molar-refractivity contribution is -0.168. The van der Waals surface area contributed by atoms with E-state index in [1.54, 1.807) is 24.3 Å². The first-order chi connectivity index (χ1) is 14.9. The number of rotatable bonds is 9. The zero-order valence-electron chi connectivity index (χ0n) is 17.3. The van der Waals surface area contributed by atoms with Crippen molar-refractivity contribution in [2.75, 3.05) is 6.61 Å². The van der Waals surface area contributed by atoms with Gasteiger partial charge in [0.15, 0.2) is 12.4 Å². The van der Waals surface area contributed by atoms with Crippen LogP contribution in [0.2, 0.25) is 5.02 Å². The molecule has 3 aliphatic carbocycles. The van der Waals surface area contributed by atoms with Crippen LogP contribution >= 0.6 is 11.6 Å². The lowest BCUT2D eigenvalue weighted by Gasteiger charge is -2.68. The van der Waals surface area contributed by atoms with Crippen molar-refractivity contribution in [2.24, 2.45) is 5.41 Å². The maximum absolute atomic E-state index is 12.4. The van der Waals surface area contributed by atoms with E-state index in [1.165, 1.54) is 5.56 Å². The third kappa shape index (κ3) is 4.04. The Hall–Kier alpha value is -2.86. The van der Waals surface area contributed by atoms with Crippen LogP contribution < -0.4 is 9.47 Å². The molecule has 3 aliphatic rings. The van der Waals surface area contributed by atoms with Gasteiger partial charge in [-0.2, -0.15) is 4.98 Å². The Bertz CT molecular complexity index is 1070. The van der Waals surface area contributed by atoms with Gasteiger partial charge in [-0.1, -0.05) is 34.5 Å². The van der Waals surface area contributed by atoms with Gasteiger partial charge in [-0.25, -0.2) is 0 Å². The quantitative estimate of drug-likeness (QED) is 0.464. The molecular formula is C24H23ClN2O4. The number of carbonyl (C=O) groups excluding carboxylic acids is 1. The summed E-state index contributed by atoms with van der Waals surface area (Å²) in [6, 6.07) is 14.9. The number of ether oxygens (including phenoxy) is 2. The number of hydrogen-bond acceptors (Lipinski definition) is 6. The predicted octanol–water partition coefficient (Wildman–Crippen LogP) is 5.07. The average molecular weight is 439 g/mol. The zero-order valence-corrected chi connectivity index (χ0v) is 18.0. The lowest BCUT2D eigenvalue weighted by atomic mass is 9.34. The molecule has 1 heterocycles. The van der Waals surface area contributed by atoms with Crippen LogP contribution in [0.1, 0.15) is 43.0 Å². The third-order valence-electron chi connectivity index (χ3n) is 6.24. The van der Waals surface area contributed by atoms with Crippen molar-refractivity contribution in [3.05, 3.63) is 70.8 Å². The third-order valence-corrected chi connectivity index (χ3v) is 6.49. The van der Waals surface area contributed by atoms with Crippen LogP contribution in [0, 0.1) is 12.3 Å². The summed E-state index contributed by atoms with van der Waals surface area (Å²) >= 11 is 5.88. The minimum absolute atomic E-state index is 0.0659. The Balaban J connectivity index is 1.09. The number of carbonyl (C=O) groups is 1. The molecule has 160 valence electrons. The molecule has 6 nitrogen and oxygen atoms in total. The van der Waals surface area contributed by atoms with E-state index in [2.05, 4.69) is 10.1 Å². The number of ketones is 1. The smallest absolute Gasteiger partial charge is 0.233 e. The van der Waals surface area contributed by atoms with Crippen LogP contribution in [-0.4, -0.2) is 22.5 Å². The van der Waals surface area contributed by atoms with E-state index in [-0.39, 0.29) is 29.8 Å². The molecule has 6 rings (SSSR count). The fourth-order valence-corrected chi connectivity index (χ4v) is 5.01. The molecule has 7 heteroatoms. The highest BCUT2D eigenvalue weighted by molar-refractivity contribution is 6.30. The second-order valence-electron chi connectivity index (χ2n) is 8.89. The monoisotopic (exact) mass is 438 g/mol. The number of halogens is 1. The van der Waals surface area contributed by atoms with Gasteiger partial charge < -0.3 is 14.0 Å². The average Bonchev–Trinajstić information content (AvgIpc) is 3.17. The summed E-state index contributed by atoms with van der Waals surface area (Å²) in [6.45, 7) is 2.37. The number of Topliss-reactive ketones (excluding diaryl/α,β-unsaturated/α-hetero) is 1. The molecule has 0 atom stereocenters. The van der Waals surface area contributed by atoms with Crippen molar-refractivity contribution in [3.63, 3.8) is 0 Å². The molecule has 0 saturated heterocycles. The molecule has 3 aromatic rings. The Morgan fingerprint density at radius 3 is 2.39 bits per heavy atom. The summed E-state index contributed by atoms with van der Waals surface area (Å²) in [5, 5.41) is 4.71. The van der Waals surface area contributed by atoms with Crippen molar-refractivity contribution in [3.8, 4) is 11.5 Å². The minimum atomic E-state index is -0.0659. The molecule has 31 heavy (non-hydrogen) atoms. The summed E-state index contributed by atoms with van der Waals surface area (Å²) in [4.78, 5) is 16.9. The minimum Gasteiger partial charge on any atom is -0.486 e. The van der Waals surface area contributed by atoms with Crippen LogP contribution in [0.25, 0.3) is 0 Å². The summed E-state index contributed by atoms with van der Waals surface area (Å²) in [5.41, 5.74) is 1.17. The van der Waals surface area contributed by atoms with Crippen molar-refractivity contribution in [1.29, 1.82) is 0 Å². The maximum Gasteiger partial charge on any atom is 0.233 e. The fourth-order valence-electron chi connectivity index (χ4n) is 4.89. The standard InChI is InChI=1S/C24H23ClN2O4/c1-16-2-6-19(7-3-16)29-11-18(28)10-23-13-24(14-23,15-23)22-26-21(27-31-22)12-30-20-8-4-17(25)5-9-20/h2-9H,10-15H2,1H3. The highest BCUT2D eigenvalue weighted by Gasteiger charge is 2.71. The van der Waals surface area contributed by atoms with Gasteiger partial charge in [0.2, 0.25) is 11.7 Å². The van der Waals surface area contributed by atoms with Gasteiger partial charge in [0.25, 0.3) is 0 Å². The Morgan fingerprint density at radius 1 is 1.03 bits per heavy atom. The second-order valence-corrected chi connectivity index (χ2v) is 9.32. The van der Waals surface area contributed by atoms with Gasteiger partial charge in [0.05, 0.1) is 5.41 Å². The van der Waals surface area contributed by atoms with Crippen molar-refractivity contribution < 1.29 is 18.8 Å². The Kier molecular flexibility index (Phi) is 4.97. The highest BCUT2D eigenvalue weighted by Crippen LogP contribution is 2.74. The van der Waals surface area contributed by atoms with Gasteiger partial charge in [0.1, 0.15) is 18.1 Å². The van der Waals surface area contributed by atoms with E-state index < -0.39 is 0 Å². The van der Waals surface area contributed by atoms with Crippen LogP contribution in [0.5, 0.6) is 11.5 Å². The van der Waals surface area contributed by atoms with E-state index in [1.807, 2.05) is 31.2 Å². The van der Waals surface area contributed by atoms with E-state index >= 15 is 0 Å². The van der Waals surface area contributed by atoms with Gasteiger partial charge >= 0.3 is 0 Å². The normalized spacial score (nSPS) is 23.5. The van der Waals surface area contributed by atoms with Gasteiger partial charge in [-0.3, -0.25) is 4.79 Å². The van der Waals surface area contributed by atoms with Crippen molar-refractivity contribution in [1.82, 2.24) is 10.1 Å². The van der Waals surface area contributed by atoms with Crippen molar-refractivity contribution in [2.45, 2.75) is 44.6 Å². The molecule has 3 saturated carbocycles. The van der Waals surface area contributed by atoms with E-state index in [0.717, 1.165) is 25.0 Å². The first kappa shape index (κ1) is 20.1. The van der Waals surface area contributed by atoms with Gasteiger partial charge in [0, 0.05) is 11.4 Å². The first-order valence-electron chi connectivity index (χ1n) is 10.4. The largest absolute Gasteiger partial charge is 0.486 e. The topological polar surface area (TPSA) is 74.5 Å². The zero-order chi connectivity index (χ0) is 21.5. The van der Waals surface area contributed by atoms with Crippen LogP contribution in [0.4, 0.5) is 0 Å². The van der Waals surface area contributed by atoms with E-state index in [0.29, 0.717) is 28.9 Å². The van der Waals surface area contributed by atoms with Crippen molar-refractivity contribution >= 4 is 17.4 Å². The molecule has 0 spiro atoms. The first-order valence-corrected chi connectivity index (χ1v) is 10.7. The number of benzene rings is 2. The maximum atomic E-state index is 12.4.